The SMILES string of the molecule is C/C(=N\OCC(=O)O)c1nc2ccccc2n([C@H]2C[C@H]3CCC[C@@H](C2)N3CC[C@@H]2CCCC(C)(C)C2)c1=O. The highest BCUT2D eigenvalue weighted by Crippen LogP contribution is 2.43. The van der Waals surface area contributed by atoms with Gasteiger partial charge in [0.25, 0.3) is 5.56 Å². The first-order chi connectivity index (χ1) is 18.2. The zero-order chi connectivity index (χ0) is 26.9. The van der Waals surface area contributed by atoms with Gasteiger partial charge in [-0.15, -0.1) is 0 Å². The zero-order valence-corrected chi connectivity index (χ0v) is 23.1. The number of piperidine rings is 2. The van der Waals surface area contributed by atoms with Crippen LogP contribution in [0.4, 0.5) is 0 Å². The van der Waals surface area contributed by atoms with Gasteiger partial charge in [-0.2, -0.15) is 0 Å². The summed E-state index contributed by atoms with van der Waals surface area (Å²) >= 11 is 0. The first-order valence-corrected chi connectivity index (χ1v) is 14.4. The molecule has 2 aromatic rings. The lowest BCUT2D eigenvalue weighted by Crippen LogP contribution is -2.53. The van der Waals surface area contributed by atoms with Crippen LogP contribution in [0.3, 0.4) is 0 Å². The number of nitrogens with zero attached hydrogens (tertiary/aromatic N) is 4. The third kappa shape index (κ3) is 5.80. The summed E-state index contributed by atoms with van der Waals surface area (Å²) in [5, 5.41) is 12.8. The summed E-state index contributed by atoms with van der Waals surface area (Å²) in [5.74, 6) is -0.284. The fraction of sp³-hybridized carbons (Fsp3) is 0.667. The number of hydrogen-bond acceptors (Lipinski definition) is 6. The van der Waals surface area contributed by atoms with E-state index in [0.717, 1.165) is 29.8 Å². The van der Waals surface area contributed by atoms with Crippen LogP contribution in [0.5, 0.6) is 0 Å². The van der Waals surface area contributed by atoms with Crippen LogP contribution in [-0.2, 0) is 9.63 Å². The third-order valence-corrected chi connectivity index (χ3v) is 9.10. The molecule has 3 heterocycles. The van der Waals surface area contributed by atoms with E-state index < -0.39 is 12.6 Å². The molecule has 0 spiro atoms. The topological polar surface area (TPSA) is 97.0 Å². The molecular formula is C30H42N4O4. The van der Waals surface area contributed by atoms with Gasteiger partial charge in [-0.3, -0.25) is 9.69 Å². The second kappa shape index (κ2) is 11.2. The first-order valence-electron chi connectivity index (χ1n) is 14.4. The van der Waals surface area contributed by atoms with Crippen LogP contribution < -0.4 is 5.56 Å². The summed E-state index contributed by atoms with van der Waals surface area (Å²) < 4.78 is 1.94. The molecule has 1 N–H and O–H groups in total. The lowest BCUT2D eigenvalue weighted by molar-refractivity contribution is -0.142. The standard InChI is InChI=1S/C30H42N4O4/c1-20(32-38-19-27(35)36)28-29(37)34(26-12-5-4-11-25(26)31-28)24-16-22-9-6-10-23(17-24)33(22)15-13-21-8-7-14-30(2,3)18-21/h4-5,11-12,21-24H,6-10,13-19H2,1-3H3,(H,35,36)/b32-20+/t21-,22-,23+,24+/m0/s1. The molecular weight excluding hydrogens is 480 g/mol. The molecule has 1 aromatic heterocycles. The van der Waals surface area contributed by atoms with E-state index in [-0.39, 0.29) is 17.3 Å². The Hall–Kier alpha value is -2.74. The minimum absolute atomic E-state index is 0.0991. The van der Waals surface area contributed by atoms with Gasteiger partial charge in [0.1, 0.15) is 5.71 Å². The van der Waals surface area contributed by atoms with E-state index in [0.29, 0.717) is 23.2 Å². The van der Waals surface area contributed by atoms with Crippen molar-refractivity contribution in [3.8, 4) is 0 Å². The Morgan fingerprint density at radius 3 is 2.58 bits per heavy atom. The lowest BCUT2D eigenvalue weighted by Gasteiger charge is -2.50. The van der Waals surface area contributed by atoms with Crippen molar-refractivity contribution in [2.24, 2.45) is 16.5 Å². The molecule has 8 heteroatoms. The molecule has 3 aliphatic rings. The molecule has 8 nitrogen and oxygen atoms in total. The normalized spacial score (nSPS) is 27.8. The molecule has 206 valence electrons. The summed E-state index contributed by atoms with van der Waals surface area (Å²) in [6, 6.07) is 8.88. The fourth-order valence-electron chi connectivity index (χ4n) is 7.44. The quantitative estimate of drug-likeness (QED) is 0.369. The average Bonchev–Trinajstić information content (AvgIpc) is 2.86. The van der Waals surface area contributed by atoms with E-state index in [2.05, 4.69) is 28.9 Å². The molecule has 38 heavy (non-hydrogen) atoms. The molecule has 2 bridgehead atoms. The first kappa shape index (κ1) is 26.9. The largest absolute Gasteiger partial charge is 0.479 e. The minimum atomic E-state index is -1.11. The Morgan fingerprint density at radius 2 is 1.87 bits per heavy atom. The predicted molar refractivity (Wildman–Crippen MR) is 149 cm³/mol. The molecule has 1 aliphatic carbocycles. The number of rotatable bonds is 8. The number of para-hydroxylation sites is 2. The molecule has 0 amide bonds. The second-order valence-electron chi connectivity index (χ2n) is 12.5. The zero-order valence-electron chi connectivity index (χ0n) is 23.1. The maximum atomic E-state index is 13.8. The molecule has 0 radical (unpaired) electrons. The van der Waals surface area contributed by atoms with Gasteiger partial charge in [-0.25, -0.2) is 9.78 Å². The van der Waals surface area contributed by atoms with Gasteiger partial charge in [0.05, 0.1) is 11.0 Å². The molecule has 5 rings (SSSR count). The fourth-order valence-corrected chi connectivity index (χ4v) is 7.44. The van der Waals surface area contributed by atoms with Gasteiger partial charge in [0, 0.05) is 18.1 Å². The van der Waals surface area contributed by atoms with Crippen LogP contribution >= 0.6 is 0 Å². The highest BCUT2D eigenvalue weighted by molar-refractivity contribution is 5.97. The highest BCUT2D eigenvalue weighted by atomic mass is 16.6. The number of carboxylic acid groups (broad SMARTS) is 1. The van der Waals surface area contributed by atoms with Gasteiger partial charge in [0.15, 0.2) is 5.69 Å². The molecule has 2 aliphatic heterocycles. The van der Waals surface area contributed by atoms with Gasteiger partial charge < -0.3 is 14.5 Å². The number of carboxylic acids is 1. The number of carbonyl (C=O) groups is 1. The summed E-state index contributed by atoms with van der Waals surface area (Å²) in [6.45, 7) is 7.12. The van der Waals surface area contributed by atoms with E-state index in [1.165, 1.54) is 57.9 Å². The Morgan fingerprint density at radius 1 is 1.13 bits per heavy atom. The number of oxime groups is 1. The van der Waals surface area contributed by atoms with Crippen molar-refractivity contribution >= 4 is 22.7 Å². The van der Waals surface area contributed by atoms with Gasteiger partial charge >= 0.3 is 5.97 Å². The van der Waals surface area contributed by atoms with Crippen molar-refractivity contribution in [2.45, 2.75) is 103 Å². The van der Waals surface area contributed by atoms with E-state index in [1.807, 2.05) is 28.8 Å². The predicted octanol–water partition coefficient (Wildman–Crippen LogP) is 5.39. The Kier molecular flexibility index (Phi) is 7.89. The highest BCUT2D eigenvalue weighted by Gasteiger charge is 2.40. The minimum Gasteiger partial charge on any atom is -0.479 e. The lowest BCUT2D eigenvalue weighted by atomic mass is 9.71. The third-order valence-electron chi connectivity index (χ3n) is 9.10. The Balaban J connectivity index is 1.39. The van der Waals surface area contributed by atoms with E-state index in [9.17, 15) is 9.59 Å². The monoisotopic (exact) mass is 522 g/mol. The summed E-state index contributed by atoms with van der Waals surface area (Å²) in [6.07, 6.45) is 12.3. The summed E-state index contributed by atoms with van der Waals surface area (Å²) in [5.41, 5.74) is 2.41. The second-order valence-corrected chi connectivity index (χ2v) is 12.5. The van der Waals surface area contributed by atoms with E-state index in [4.69, 9.17) is 9.94 Å². The van der Waals surface area contributed by atoms with E-state index >= 15 is 0 Å². The van der Waals surface area contributed by atoms with Crippen molar-refractivity contribution in [3.05, 3.63) is 40.3 Å². The summed E-state index contributed by atoms with van der Waals surface area (Å²) in [7, 11) is 0. The van der Waals surface area contributed by atoms with Crippen molar-refractivity contribution in [1.29, 1.82) is 0 Å². The Labute approximate surface area is 225 Å². The van der Waals surface area contributed by atoms with Crippen molar-refractivity contribution < 1.29 is 14.7 Å². The number of aliphatic carboxylic acids is 1. The maximum Gasteiger partial charge on any atom is 0.344 e. The molecule has 1 aromatic carbocycles. The van der Waals surface area contributed by atoms with Crippen molar-refractivity contribution in [3.63, 3.8) is 0 Å². The van der Waals surface area contributed by atoms with Gasteiger partial charge in [-0.1, -0.05) is 50.4 Å². The van der Waals surface area contributed by atoms with Crippen LogP contribution in [0, 0.1) is 11.3 Å². The van der Waals surface area contributed by atoms with Crippen LogP contribution in [0.1, 0.15) is 96.7 Å². The van der Waals surface area contributed by atoms with Crippen LogP contribution in [0.25, 0.3) is 11.0 Å². The van der Waals surface area contributed by atoms with Crippen molar-refractivity contribution in [1.82, 2.24) is 14.5 Å². The van der Waals surface area contributed by atoms with Gasteiger partial charge in [0.2, 0.25) is 6.61 Å². The molecule has 4 atom stereocenters. The van der Waals surface area contributed by atoms with Crippen molar-refractivity contribution in [2.75, 3.05) is 13.2 Å². The number of hydrogen-bond donors (Lipinski definition) is 1. The summed E-state index contributed by atoms with van der Waals surface area (Å²) in [4.78, 5) is 37.0. The van der Waals surface area contributed by atoms with Gasteiger partial charge in [-0.05, 0) is 81.9 Å². The molecule has 3 fully saturated rings. The average molecular weight is 523 g/mol. The van der Waals surface area contributed by atoms with E-state index in [1.54, 1.807) is 6.92 Å². The smallest absolute Gasteiger partial charge is 0.344 e. The molecule has 2 saturated heterocycles. The maximum absolute atomic E-state index is 13.8. The molecule has 1 saturated carbocycles. The number of fused-ring (bicyclic) bond motifs is 3. The van der Waals surface area contributed by atoms with Crippen LogP contribution in [0.15, 0.2) is 34.2 Å². The number of benzene rings is 1. The van der Waals surface area contributed by atoms with Crippen LogP contribution in [-0.4, -0.2) is 56.5 Å². The number of aromatic nitrogens is 2. The molecule has 0 unspecified atom stereocenters. The Bertz CT molecular complexity index is 1240. The van der Waals surface area contributed by atoms with Crippen LogP contribution in [0.2, 0.25) is 0 Å².